The van der Waals surface area contributed by atoms with Crippen molar-refractivity contribution in [2.45, 2.75) is 40.0 Å². The lowest BCUT2D eigenvalue weighted by Gasteiger charge is -2.20. The van der Waals surface area contributed by atoms with Crippen molar-refractivity contribution in [3.8, 4) is 5.69 Å². The average molecular weight is 330 g/mol. The molecule has 3 rings (SSSR count). The molecule has 128 valence electrons. The number of aryl methyl sites for hydroxylation is 1. The molecule has 0 unspecified atom stereocenters. The number of hydrogen-bond acceptors (Lipinski definition) is 1. The summed E-state index contributed by atoms with van der Waals surface area (Å²) in [6.45, 7) is 11.0. The van der Waals surface area contributed by atoms with E-state index in [1.807, 2.05) is 36.5 Å². The van der Waals surface area contributed by atoms with Gasteiger partial charge in [0.25, 0.3) is 0 Å². The molecule has 0 spiro atoms. The molecule has 0 atom stereocenters. The van der Waals surface area contributed by atoms with Gasteiger partial charge in [-0.3, -0.25) is 4.99 Å². The lowest BCUT2D eigenvalue weighted by atomic mass is 9.87. The van der Waals surface area contributed by atoms with Crippen LogP contribution in [0.2, 0.25) is 0 Å². The molecule has 2 aromatic carbocycles. The van der Waals surface area contributed by atoms with Gasteiger partial charge in [-0.1, -0.05) is 51.1 Å². The van der Waals surface area contributed by atoms with E-state index in [1.165, 1.54) is 22.6 Å². The first-order chi connectivity index (χ1) is 11.9. The van der Waals surface area contributed by atoms with Gasteiger partial charge in [0.2, 0.25) is 0 Å². The second-order valence-electron chi connectivity index (χ2n) is 7.55. The third-order valence-electron chi connectivity index (χ3n) is 4.57. The zero-order chi connectivity index (χ0) is 18.0. The predicted molar refractivity (Wildman–Crippen MR) is 108 cm³/mol. The Morgan fingerprint density at radius 3 is 2.12 bits per heavy atom. The highest BCUT2D eigenvalue weighted by Gasteiger charge is 2.14. The van der Waals surface area contributed by atoms with Gasteiger partial charge in [0.1, 0.15) is 0 Å². The van der Waals surface area contributed by atoms with Crippen LogP contribution in [0.25, 0.3) is 5.69 Å². The summed E-state index contributed by atoms with van der Waals surface area (Å²) in [5.74, 6) is 0. The van der Waals surface area contributed by atoms with E-state index in [-0.39, 0.29) is 5.41 Å². The summed E-state index contributed by atoms with van der Waals surface area (Å²) in [7, 11) is 0. The van der Waals surface area contributed by atoms with Crippen LogP contribution in [0, 0.1) is 13.8 Å². The smallest absolute Gasteiger partial charge is 0.0629 e. The molecule has 1 heterocycles. The molecular weight excluding hydrogens is 304 g/mol. The first kappa shape index (κ1) is 17.2. The van der Waals surface area contributed by atoms with E-state index < -0.39 is 0 Å². The van der Waals surface area contributed by atoms with Crippen LogP contribution in [-0.2, 0) is 5.41 Å². The third kappa shape index (κ3) is 3.74. The SMILES string of the molecule is Cc1cc(C=Nc2ccccc2)c(C)n1-c1ccc(C(C)(C)C)cc1. The number of hydrogen-bond donors (Lipinski definition) is 0. The molecular formula is C23H26N2. The summed E-state index contributed by atoms with van der Waals surface area (Å²) < 4.78 is 2.29. The largest absolute Gasteiger partial charge is 0.318 e. The summed E-state index contributed by atoms with van der Waals surface area (Å²) in [6.07, 6.45) is 1.96. The Kier molecular flexibility index (Phi) is 4.63. The minimum absolute atomic E-state index is 0.173. The van der Waals surface area contributed by atoms with Gasteiger partial charge >= 0.3 is 0 Å². The molecule has 0 aliphatic rings. The van der Waals surface area contributed by atoms with Gasteiger partial charge in [0.05, 0.1) is 5.69 Å². The molecule has 0 bridgehead atoms. The van der Waals surface area contributed by atoms with Crippen molar-refractivity contribution >= 4 is 11.9 Å². The van der Waals surface area contributed by atoms with Gasteiger partial charge in [-0.15, -0.1) is 0 Å². The minimum Gasteiger partial charge on any atom is -0.318 e. The molecule has 25 heavy (non-hydrogen) atoms. The summed E-state index contributed by atoms with van der Waals surface area (Å²) in [5, 5.41) is 0. The fraction of sp³-hybridized carbons (Fsp3) is 0.261. The molecule has 0 saturated heterocycles. The van der Waals surface area contributed by atoms with Gasteiger partial charge in [0, 0.05) is 28.9 Å². The monoisotopic (exact) mass is 330 g/mol. The molecule has 0 amide bonds. The van der Waals surface area contributed by atoms with E-state index in [0.29, 0.717) is 0 Å². The second-order valence-corrected chi connectivity index (χ2v) is 7.55. The first-order valence-corrected chi connectivity index (χ1v) is 8.75. The van der Waals surface area contributed by atoms with E-state index in [4.69, 9.17) is 0 Å². The van der Waals surface area contributed by atoms with Gasteiger partial charge in [-0.25, -0.2) is 0 Å². The number of aliphatic imine (C=N–C) groups is 1. The fourth-order valence-corrected chi connectivity index (χ4v) is 3.08. The summed E-state index contributed by atoms with van der Waals surface area (Å²) in [6, 6.07) is 21.1. The molecule has 0 fully saturated rings. The van der Waals surface area contributed by atoms with Crippen LogP contribution in [0.3, 0.4) is 0 Å². The van der Waals surface area contributed by atoms with Gasteiger partial charge in [0.15, 0.2) is 0 Å². The van der Waals surface area contributed by atoms with Crippen molar-refractivity contribution in [3.05, 3.63) is 83.2 Å². The number of rotatable bonds is 3. The number of nitrogens with zero attached hydrogens (tertiary/aromatic N) is 2. The molecule has 0 radical (unpaired) electrons. The Hall–Kier alpha value is -2.61. The van der Waals surface area contributed by atoms with Crippen LogP contribution < -0.4 is 0 Å². The van der Waals surface area contributed by atoms with Crippen molar-refractivity contribution in [1.82, 2.24) is 4.57 Å². The summed E-state index contributed by atoms with van der Waals surface area (Å²) >= 11 is 0. The molecule has 3 aromatic rings. The van der Waals surface area contributed by atoms with Gasteiger partial charge < -0.3 is 4.57 Å². The van der Waals surface area contributed by atoms with Crippen molar-refractivity contribution in [2.24, 2.45) is 4.99 Å². The first-order valence-electron chi connectivity index (χ1n) is 8.75. The minimum atomic E-state index is 0.173. The molecule has 0 N–H and O–H groups in total. The van der Waals surface area contributed by atoms with E-state index in [2.05, 4.69) is 74.5 Å². The summed E-state index contributed by atoms with van der Waals surface area (Å²) in [4.78, 5) is 4.59. The fourth-order valence-electron chi connectivity index (χ4n) is 3.08. The van der Waals surface area contributed by atoms with E-state index in [9.17, 15) is 0 Å². The van der Waals surface area contributed by atoms with Crippen molar-refractivity contribution < 1.29 is 0 Å². The third-order valence-corrected chi connectivity index (χ3v) is 4.57. The number of aromatic nitrogens is 1. The van der Waals surface area contributed by atoms with Gasteiger partial charge in [-0.2, -0.15) is 0 Å². The zero-order valence-electron chi connectivity index (χ0n) is 15.7. The Morgan fingerprint density at radius 1 is 0.880 bits per heavy atom. The lowest BCUT2D eigenvalue weighted by Crippen LogP contribution is -2.11. The standard InChI is InChI=1S/C23H26N2/c1-17-15-19(16-24-21-9-7-6-8-10-21)18(2)25(17)22-13-11-20(12-14-22)23(3,4)5/h6-16H,1-5H3. The van der Waals surface area contributed by atoms with Crippen LogP contribution >= 0.6 is 0 Å². The molecule has 0 aliphatic heterocycles. The van der Waals surface area contributed by atoms with E-state index >= 15 is 0 Å². The van der Waals surface area contributed by atoms with Crippen LogP contribution in [0.4, 0.5) is 5.69 Å². The van der Waals surface area contributed by atoms with E-state index in [0.717, 1.165) is 11.3 Å². The highest BCUT2D eigenvalue weighted by Crippen LogP contribution is 2.25. The van der Waals surface area contributed by atoms with Crippen molar-refractivity contribution in [1.29, 1.82) is 0 Å². The zero-order valence-corrected chi connectivity index (χ0v) is 15.7. The van der Waals surface area contributed by atoms with Gasteiger partial charge in [-0.05, 0) is 55.2 Å². The quantitative estimate of drug-likeness (QED) is 0.513. The normalized spacial score (nSPS) is 12.0. The maximum Gasteiger partial charge on any atom is 0.0629 e. The highest BCUT2D eigenvalue weighted by atomic mass is 15.0. The predicted octanol–water partition coefficient (Wildman–Crippen LogP) is 6.14. The van der Waals surface area contributed by atoms with Crippen LogP contribution in [0.15, 0.2) is 65.7 Å². The molecule has 1 aromatic heterocycles. The molecule has 0 saturated carbocycles. The molecule has 2 nitrogen and oxygen atoms in total. The Balaban J connectivity index is 1.93. The summed E-state index contributed by atoms with van der Waals surface area (Å²) in [5.41, 5.74) is 7.28. The van der Waals surface area contributed by atoms with Crippen LogP contribution in [0.5, 0.6) is 0 Å². The Labute approximate surface area is 150 Å². The Bertz CT molecular complexity index is 876. The lowest BCUT2D eigenvalue weighted by molar-refractivity contribution is 0.590. The highest BCUT2D eigenvalue weighted by molar-refractivity contribution is 5.84. The van der Waals surface area contributed by atoms with E-state index in [1.54, 1.807) is 0 Å². The van der Waals surface area contributed by atoms with Crippen molar-refractivity contribution in [2.75, 3.05) is 0 Å². The van der Waals surface area contributed by atoms with Crippen LogP contribution in [0.1, 0.15) is 43.3 Å². The maximum atomic E-state index is 4.59. The maximum absolute atomic E-state index is 4.59. The Morgan fingerprint density at radius 2 is 1.52 bits per heavy atom. The molecule has 2 heteroatoms. The molecule has 0 aliphatic carbocycles. The van der Waals surface area contributed by atoms with Crippen LogP contribution in [-0.4, -0.2) is 10.8 Å². The number of benzene rings is 2. The second kappa shape index (κ2) is 6.72. The number of para-hydroxylation sites is 1. The topological polar surface area (TPSA) is 17.3 Å². The van der Waals surface area contributed by atoms with Crippen molar-refractivity contribution in [3.63, 3.8) is 0 Å². The average Bonchev–Trinajstić information content (AvgIpc) is 2.87.